The first kappa shape index (κ1) is 20.7. The Hall–Kier alpha value is -3.53. The van der Waals surface area contributed by atoms with E-state index in [1.165, 1.54) is 40.9 Å². The van der Waals surface area contributed by atoms with Crippen LogP contribution in [0.2, 0.25) is 0 Å². The van der Waals surface area contributed by atoms with Crippen LogP contribution in [0.3, 0.4) is 0 Å². The number of halogens is 1. The van der Waals surface area contributed by atoms with Gasteiger partial charge in [-0.05, 0) is 43.3 Å². The van der Waals surface area contributed by atoms with Crippen LogP contribution in [-0.2, 0) is 9.59 Å². The molecule has 8 nitrogen and oxygen atoms in total. The molecule has 2 aromatic heterocycles. The summed E-state index contributed by atoms with van der Waals surface area (Å²) < 4.78 is 14.9. The molecule has 0 aliphatic carbocycles. The first-order valence-electron chi connectivity index (χ1n) is 9.51. The van der Waals surface area contributed by atoms with Gasteiger partial charge in [-0.15, -0.1) is 5.10 Å². The van der Waals surface area contributed by atoms with Gasteiger partial charge in [-0.25, -0.2) is 14.4 Å². The van der Waals surface area contributed by atoms with Crippen molar-refractivity contribution >= 4 is 45.8 Å². The van der Waals surface area contributed by atoms with Gasteiger partial charge < -0.3 is 10.6 Å². The van der Waals surface area contributed by atoms with Gasteiger partial charge in [0.1, 0.15) is 11.6 Å². The van der Waals surface area contributed by atoms with Crippen molar-refractivity contribution in [2.24, 2.45) is 5.73 Å². The standard InChI is InChI=1S/C21H19FN6O2S/c1-13-24-20-16-4-2-3-5-17(16)25-21(28(20)26-13)31-12-19(30)27(11-10-18(23)29)15-8-6-14(22)7-9-15/h2-9H,10-12H2,1H3,(H2,23,29). The molecule has 158 valence electrons. The van der Waals surface area contributed by atoms with Crippen molar-refractivity contribution in [2.45, 2.75) is 18.5 Å². The lowest BCUT2D eigenvalue weighted by Crippen LogP contribution is -2.35. The summed E-state index contributed by atoms with van der Waals surface area (Å²) >= 11 is 1.21. The number of nitrogens with two attached hydrogens (primary N) is 1. The van der Waals surface area contributed by atoms with Crippen molar-refractivity contribution < 1.29 is 14.0 Å². The zero-order valence-electron chi connectivity index (χ0n) is 16.7. The number of carbonyl (C=O) groups is 2. The Morgan fingerprint density at radius 3 is 2.61 bits per heavy atom. The van der Waals surface area contributed by atoms with E-state index in [0.717, 1.165) is 10.9 Å². The Bertz CT molecular complexity index is 1270. The fraction of sp³-hybridized carbons (Fsp3) is 0.190. The molecule has 0 saturated heterocycles. The second-order valence-electron chi connectivity index (χ2n) is 6.83. The topological polar surface area (TPSA) is 106 Å². The van der Waals surface area contributed by atoms with Crippen molar-refractivity contribution in [1.82, 2.24) is 19.6 Å². The summed E-state index contributed by atoms with van der Waals surface area (Å²) in [7, 11) is 0. The summed E-state index contributed by atoms with van der Waals surface area (Å²) in [6, 6.07) is 13.1. The number of benzene rings is 2. The van der Waals surface area contributed by atoms with E-state index in [2.05, 4.69) is 15.1 Å². The van der Waals surface area contributed by atoms with E-state index in [1.807, 2.05) is 24.3 Å². The SMILES string of the molecule is Cc1nc2c3ccccc3nc(SCC(=O)N(CCC(N)=O)c3ccc(F)cc3)n2n1. The van der Waals surface area contributed by atoms with Crippen molar-refractivity contribution in [3.63, 3.8) is 0 Å². The Morgan fingerprint density at radius 2 is 1.87 bits per heavy atom. The quantitative estimate of drug-likeness (QED) is 0.351. The lowest BCUT2D eigenvalue weighted by molar-refractivity contribution is -0.118. The second kappa shape index (κ2) is 8.68. The van der Waals surface area contributed by atoms with E-state index in [4.69, 9.17) is 5.73 Å². The van der Waals surface area contributed by atoms with Crippen LogP contribution in [0.5, 0.6) is 0 Å². The number of hydrogen-bond donors (Lipinski definition) is 1. The van der Waals surface area contributed by atoms with E-state index in [0.29, 0.717) is 22.3 Å². The van der Waals surface area contributed by atoms with Crippen LogP contribution in [0, 0.1) is 12.7 Å². The monoisotopic (exact) mass is 438 g/mol. The molecule has 4 aromatic rings. The fourth-order valence-corrected chi connectivity index (χ4v) is 3.99. The summed E-state index contributed by atoms with van der Waals surface area (Å²) in [5.41, 5.74) is 7.16. The lowest BCUT2D eigenvalue weighted by Gasteiger charge is -2.22. The second-order valence-corrected chi connectivity index (χ2v) is 7.78. The first-order chi connectivity index (χ1) is 14.9. The van der Waals surface area contributed by atoms with Gasteiger partial charge in [-0.2, -0.15) is 4.52 Å². The van der Waals surface area contributed by atoms with Gasteiger partial charge in [0, 0.05) is 24.0 Å². The number of aromatic nitrogens is 4. The van der Waals surface area contributed by atoms with Crippen molar-refractivity contribution in [3.05, 3.63) is 60.2 Å². The van der Waals surface area contributed by atoms with Gasteiger partial charge in [0.2, 0.25) is 11.8 Å². The maximum Gasteiger partial charge on any atom is 0.237 e. The molecule has 4 rings (SSSR count). The maximum absolute atomic E-state index is 13.3. The molecule has 0 unspecified atom stereocenters. The molecule has 0 aliphatic heterocycles. The van der Waals surface area contributed by atoms with Crippen LogP contribution in [0.1, 0.15) is 12.2 Å². The predicted octanol–water partition coefficient (Wildman–Crippen LogP) is 2.73. The third-order valence-corrected chi connectivity index (χ3v) is 5.51. The molecule has 2 amide bonds. The van der Waals surface area contributed by atoms with Crippen LogP contribution < -0.4 is 10.6 Å². The highest BCUT2D eigenvalue weighted by atomic mass is 32.2. The van der Waals surface area contributed by atoms with Gasteiger partial charge in [0.15, 0.2) is 10.8 Å². The number of carbonyl (C=O) groups excluding carboxylic acids is 2. The van der Waals surface area contributed by atoms with Gasteiger partial charge in [-0.3, -0.25) is 9.59 Å². The summed E-state index contributed by atoms with van der Waals surface area (Å²) in [5, 5.41) is 5.80. The summed E-state index contributed by atoms with van der Waals surface area (Å²) in [5.74, 6) is -0.568. The Labute approximate surface area is 181 Å². The van der Waals surface area contributed by atoms with Gasteiger partial charge in [0.25, 0.3) is 0 Å². The maximum atomic E-state index is 13.3. The van der Waals surface area contributed by atoms with Gasteiger partial charge in [0.05, 0.1) is 11.3 Å². The smallest absolute Gasteiger partial charge is 0.237 e. The van der Waals surface area contributed by atoms with Crippen LogP contribution in [0.15, 0.2) is 53.7 Å². The number of anilines is 1. The van der Waals surface area contributed by atoms with Gasteiger partial charge in [-0.1, -0.05) is 23.9 Å². The van der Waals surface area contributed by atoms with Crippen LogP contribution in [-0.4, -0.2) is 43.7 Å². The molecular formula is C21H19FN6O2S. The van der Waals surface area contributed by atoms with E-state index in [1.54, 1.807) is 11.4 Å². The largest absolute Gasteiger partial charge is 0.370 e. The van der Waals surface area contributed by atoms with E-state index < -0.39 is 11.7 Å². The number of rotatable bonds is 7. The minimum absolute atomic E-state index is 0.00543. The minimum atomic E-state index is -0.524. The summed E-state index contributed by atoms with van der Waals surface area (Å²) in [6.45, 7) is 1.89. The predicted molar refractivity (Wildman–Crippen MR) is 116 cm³/mol. The fourth-order valence-electron chi connectivity index (χ4n) is 3.17. The zero-order valence-corrected chi connectivity index (χ0v) is 17.5. The molecule has 0 fully saturated rings. The zero-order chi connectivity index (χ0) is 22.0. The molecule has 2 aromatic carbocycles. The number of primary amides is 1. The molecule has 0 saturated carbocycles. The number of nitrogens with zero attached hydrogens (tertiary/aromatic N) is 5. The molecule has 0 aliphatic rings. The molecule has 2 heterocycles. The molecule has 10 heteroatoms. The normalized spacial score (nSPS) is 11.2. The van der Waals surface area contributed by atoms with Crippen LogP contribution in [0.25, 0.3) is 16.6 Å². The van der Waals surface area contributed by atoms with Crippen LogP contribution in [0.4, 0.5) is 10.1 Å². The van der Waals surface area contributed by atoms with E-state index in [9.17, 15) is 14.0 Å². The molecule has 0 spiro atoms. The number of fused-ring (bicyclic) bond motifs is 3. The Morgan fingerprint density at radius 1 is 1.13 bits per heavy atom. The molecular weight excluding hydrogens is 419 g/mol. The number of thioether (sulfide) groups is 1. The summed E-state index contributed by atoms with van der Waals surface area (Å²) in [4.78, 5) is 34.8. The molecule has 31 heavy (non-hydrogen) atoms. The lowest BCUT2D eigenvalue weighted by atomic mass is 10.2. The molecule has 0 radical (unpaired) electrons. The highest BCUT2D eigenvalue weighted by Gasteiger charge is 2.19. The highest BCUT2D eigenvalue weighted by molar-refractivity contribution is 7.99. The highest BCUT2D eigenvalue weighted by Crippen LogP contribution is 2.25. The molecule has 0 bridgehead atoms. The van der Waals surface area contributed by atoms with E-state index in [-0.39, 0.29) is 24.6 Å². The number of para-hydroxylation sites is 1. The third kappa shape index (κ3) is 4.48. The van der Waals surface area contributed by atoms with E-state index >= 15 is 0 Å². The average molecular weight is 438 g/mol. The summed E-state index contributed by atoms with van der Waals surface area (Å²) in [6.07, 6.45) is -0.00543. The molecule has 0 atom stereocenters. The third-order valence-electron chi connectivity index (χ3n) is 4.60. The average Bonchev–Trinajstić information content (AvgIpc) is 3.15. The molecule has 2 N–H and O–H groups in total. The number of amides is 2. The Balaban J connectivity index is 1.61. The number of aryl methyl sites for hydroxylation is 1. The first-order valence-corrected chi connectivity index (χ1v) is 10.5. The van der Waals surface area contributed by atoms with Crippen LogP contribution >= 0.6 is 11.8 Å². The van der Waals surface area contributed by atoms with Crippen molar-refractivity contribution in [2.75, 3.05) is 17.2 Å². The van der Waals surface area contributed by atoms with Gasteiger partial charge >= 0.3 is 0 Å². The Kier molecular flexibility index (Phi) is 5.81. The minimum Gasteiger partial charge on any atom is -0.370 e. The number of hydrogen-bond acceptors (Lipinski definition) is 6. The van der Waals surface area contributed by atoms with Crippen molar-refractivity contribution in [1.29, 1.82) is 0 Å². The van der Waals surface area contributed by atoms with Crippen molar-refractivity contribution in [3.8, 4) is 0 Å².